The predicted molar refractivity (Wildman–Crippen MR) is 114 cm³/mol. The van der Waals surface area contributed by atoms with E-state index in [0.717, 1.165) is 34.2 Å². The molecule has 5 aromatic rings. The molecular formula is C25H20N4O2+2. The molecule has 31 heavy (non-hydrogen) atoms. The molecule has 6 nitrogen and oxygen atoms in total. The fraction of sp³-hybridized carbons (Fsp3) is 0.0400. The zero-order chi connectivity index (χ0) is 20.6. The van der Waals surface area contributed by atoms with Gasteiger partial charge in [-0.05, 0) is 36.4 Å². The highest BCUT2D eigenvalue weighted by Crippen LogP contribution is 2.39. The quantitative estimate of drug-likeness (QED) is 0.427. The molecule has 0 N–H and O–H groups in total. The van der Waals surface area contributed by atoms with Crippen LogP contribution in [0.15, 0.2) is 110 Å². The van der Waals surface area contributed by atoms with Crippen LogP contribution in [0, 0.1) is 0 Å². The SMILES string of the molecule is c1ccc(-n2cc[n+](-c3ccc(-[n+]4ccn(-c5ccccc5)c4)c4c3OCO4)c2)cc1. The van der Waals surface area contributed by atoms with Crippen molar-refractivity contribution in [2.45, 2.75) is 0 Å². The molecule has 2 aromatic heterocycles. The van der Waals surface area contributed by atoms with Crippen molar-refractivity contribution in [3.8, 4) is 34.2 Å². The van der Waals surface area contributed by atoms with Gasteiger partial charge in [0.15, 0.2) is 11.4 Å². The lowest BCUT2D eigenvalue weighted by atomic mass is 10.2. The number of aromatic nitrogens is 4. The van der Waals surface area contributed by atoms with Crippen molar-refractivity contribution in [2.75, 3.05) is 6.79 Å². The number of benzene rings is 3. The predicted octanol–water partition coefficient (Wildman–Crippen LogP) is 3.55. The molecule has 1 aliphatic heterocycles. The molecule has 1 aliphatic rings. The number of hydrogen-bond donors (Lipinski definition) is 0. The van der Waals surface area contributed by atoms with E-state index >= 15 is 0 Å². The standard InChI is InChI=1S/C25H20N4O2/c1-3-7-20(8-4-1)26-13-15-28(17-26)22-11-12-23(25-24(22)30-19-31-25)29-16-14-27(18-29)21-9-5-2-6-10-21/h1-18H,19H2/q+2. The summed E-state index contributed by atoms with van der Waals surface area (Å²) in [7, 11) is 0. The van der Waals surface area contributed by atoms with E-state index in [2.05, 4.69) is 45.5 Å². The van der Waals surface area contributed by atoms with Crippen LogP contribution in [0.25, 0.3) is 22.7 Å². The molecule has 150 valence electrons. The lowest BCUT2D eigenvalue weighted by Crippen LogP contribution is -2.30. The Morgan fingerprint density at radius 3 is 1.48 bits per heavy atom. The smallest absolute Gasteiger partial charge is 0.254 e. The van der Waals surface area contributed by atoms with Gasteiger partial charge in [0, 0.05) is 0 Å². The summed E-state index contributed by atoms with van der Waals surface area (Å²) in [4.78, 5) is 0. The van der Waals surface area contributed by atoms with Crippen molar-refractivity contribution in [1.82, 2.24) is 9.13 Å². The van der Waals surface area contributed by atoms with Gasteiger partial charge in [0.25, 0.3) is 12.7 Å². The van der Waals surface area contributed by atoms with E-state index in [4.69, 9.17) is 9.47 Å². The van der Waals surface area contributed by atoms with Crippen LogP contribution in [0.3, 0.4) is 0 Å². The Bertz CT molecular complexity index is 1250. The molecule has 0 spiro atoms. The van der Waals surface area contributed by atoms with Crippen molar-refractivity contribution >= 4 is 0 Å². The summed E-state index contributed by atoms with van der Waals surface area (Å²) in [6, 6.07) is 24.6. The van der Waals surface area contributed by atoms with Crippen LogP contribution in [0.5, 0.6) is 11.5 Å². The van der Waals surface area contributed by atoms with Gasteiger partial charge >= 0.3 is 0 Å². The first-order chi connectivity index (χ1) is 15.4. The molecule has 0 bridgehead atoms. The summed E-state index contributed by atoms with van der Waals surface area (Å²) >= 11 is 0. The van der Waals surface area contributed by atoms with E-state index in [0.29, 0.717) is 0 Å². The molecule has 6 rings (SSSR count). The number of ether oxygens (including phenoxy) is 2. The van der Waals surface area contributed by atoms with Gasteiger partial charge in [-0.15, -0.1) is 0 Å². The lowest BCUT2D eigenvalue weighted by Gasteiger charge is -2.05. The zero-order valence-electron chi connectivity index (χ0n) is 16.7. The number of para-hydroxylation sites is 2. The van der Waals surface area contributed by atoms with Crippen LogP contribution in [0.1, 0.15) is 0 Å². The third kappa shape index (κ3) is 3.05. The molecule has 6 heteroatoms. The largest absolute Gasteiger partial charge is 0.449 e. The van der Waals surface area contributed by atoms with E-state index in [1.54, 1.807) is 0 Å². The number of rotatable bonds is 4. The summed E-state index contributed by atoms with van der Waals surface area (Å²) in [6.07, 6.45) is 12.2. The fourth-order valence-corrected chi connectivity index (χ4v) is 3.87. The van der Waals surface area contributed by atoms with Gasteiger partial charge in [0.1, 0.15) is 36.2 Å². The topological polar surface area (TPSA) is 36.1 Å². The first-order valence-electron chi connectivity index (χ1n) is 10.1. The van der Waals surface area contributed by atoms with E-state index in [1.807, 2.05) is 83.0 Å². The molecule has 3 heterocycles. The Kier molecular flexibility index (Phi) is 4.06. The Labute approximate surface area is 179 Å². The summed E-state index contributed by atoms with van der Waals surface area (Å²) < 4.78 is 20.0. The maximum absolute atomic E-state index is 5.88. The highest BCUT2D eigenvalue weighted by Gasteiger charge is 2.29. The van der Waals surface area contributed by atoms with Gasteiger partial charge in [-0.2, -0.15) is 9.13 Å². The average Bonchev–Trinajstić information content (AvgIpc) is 3.60. The minimum absolute atomic E-state index is 0.208. The van der Waals surface area contributed by atoms with Gasteiger partial charge in [-0.1, -0.05) is 36.4 Å². The number of nitrogens with zero attached hydrogens (tertiary/aromatic N) is 4. The number of imidazole rings is 2. The van der Waals surface area contributed by atoms with E-state index < -0.39 is 0 Å². The maximum Gasteiger partial charge on any atom is 0.254 e. The van der Waals surface area contributed by atoms with Crippen LogP contribution in [-0.4, -0.2) is 15.9 Å². The molecule has 0 aliphatic carbocycles. The van der Waals surface area contributed by atoms with E-state index in [9.17, 15) is 0 Å². The van der Waals surface area contributed by atoms with Crippen molar-refractivity contribution in [3.05, 3.63) is 110 Å². The Hall–Kier alpha value is -4.32. The molecule has 0 radical (unpaired) electrons. The highest BCUT2D eigenvalue weighted by molar-refractivity contribution is 5.60. The molecule has 0 fully saturated rings. The van der Waals surface area contributed by atoms with Crippen molar-refractivity contribution in [2.24, 2.45) is 0 Å². The van der Waals surface area contributed by atoms with Crippen LogP contribution in [0.4, 0.5) is 0 Å². The molecule has 0 atom stereocenters. The van der Waals surface area contributed by atoms with Gasteiger partial charge in [-0.25, -0.2) is 9.13 Å². The van der Waals surface area contributed by atoms with Gasteiger partial charge in [0.05, 0.1) is 0 Å². The summed E-state index contributed by atoms with van der Waals surface area (Å²) in [5.74, 6) is 1.49. The van der Waals surface area contributed by atoms with Crippen molar-refractivity contribution in [3.63, 3.8) is 0 Å². The van der Waals surface area contributed by atoms with Crippen molar-refractivity contribution in [1.29, 1.82) is 0 Å². The molecule has 0 saturated heterocycles. The van der Waals surface area contributed by atoms with Gasteiger partial charge < -0.3 is 9.47 Å². The van der Waals surface area contributed by atoms with Crippen LogP contribution in [0.2, 0.25) is 0 Å². The second-order valence-electron chi connectivity index (χ2n) is 7.30. The van der Waals surface area contributed by atoms with E-state index in [-0.39, 0.29) is 6.79 Å². The molecule has 3 aromatic carbocycles. The second-order valence-corrected chi connectivity index (χ2v) is 7.30. The number of fused-ring (bicyclic) bond motifs is 1. The third-order valence-corrected chi connectivity index (χ3v) is 5.42. The summed E-state index contributed by atoms with van der Waals surface area (Å²) in [5.41, 5.74) is 4.08. The molecule has 0 amide bonds. The zero-order valence-corrected chi connectivity index (χ0v) is 16.7. The van der Waals surface area contributed by atoms with Crippen LogP contribution >= 0.6 is 0 Å². The minimum atomic E-state index is 0.208. The second kappa shape index (κ2) is 7.18. The third-order valence-electron chi connectivity index (χ3n) is 5.42. The Morgan fingerprint density at radius 2 is 1.03 bits per heavy atom. The monoisotopic (exact) mass is 408 g/mol. The first kappa shape index (κ1) is 17.5. The average molecular weight is 408 g/mol. The van der Waals surface area contributed by atoms with Crippen molar-refractivity contribution < 1.29 is 18.6 Å². The first-order valence-corrected chi connectivity index (χ1v) is 10.1. The van der Waals surface area contributed by atoms with Gasteiger partial charge in [0.2, 0.25) is 18.3 Å². The van der Waals surface area contributed by atoms with E-state index in [1.165, 1.54) is 0 Å². The Morgan fingerprint density at radius 1 is 0.581 bits per heavy atom. The normalized spacial score (nSPS) is 12.3. The summed E-state index contributed by atoms with van der Waals surface area (Å²) in [5, 5.41) is 0. The molecule has 0 unspecified atom stereocenters. The highest BCUT2D eigenvalue weighted by atomic mass is 16.7. The Balaban J connectivity index is 1.39. The van der Waals surface area contributed by atoms with Crippen LogP contribution in [-0.2, 0) is 0 Å². The molecular weight excluding hydrogens is 388 g/mol. The van der Waals surface area contributed by atoms with Gasteiger partial charge in [-0.3, -0.25) is 0 Å². The fourth-order valence-electron chi connectivity index (χ4n) is 3.87. The van der Waals surface area contributed by atoms with Crippen LogP contribution < -0.4 is 18.6 Å². The molecule has 0 saturated carbocycles. The minimum Gasteiger partial charge on any atom is -0.449 e. The summed E-state index contributed by atoms with van der Waals surface area (Å²) in [6.45, 7) is 0.208. The maximum atomic E-state index is 5.88. The lowest BCUT2D eigenvalue weighted by molar-refractivity contribution is -0.598. The number of hydrogen-bond acceptors (Lipinski definition) is 2.